The van der Waals surface area contributed by atoms with Gasteiger partial charge in [0.05, 0.1) is 5.41 Å². The zero-order valence-corrected chi connectivity index (χ0v) is 20.6. The summed E-state index contributed by atoms with van der Waals surface area (Å²) in [6, 6.07) is 8.55. The largest absolute Gasteiger partial charge is 0.395 e. The Bertz CT molecular complexity index is 1040. The minimum Gasteiger partial charge on any atom is -0.355 e. The van der Waals surface area contributed by atoms with Crippen molar-refractivity contribution in [3.63, 3.8) is 0 Å². The van der Waals surface area contributed by atoms with Crippen molar-refractivity contribution in [1.29, 1.82) is 0 Å². The second-order valence-electron chi connectivity index (χ2n) is 9.54. The lowest BCUT2D eigenvalue weighted by atomic mass is 9.80. The maximum atomic E-state index is 13.9. The van der Waals surface area contributed by atoms with Crippen LogP contribution >= 0.6 is 0 Å². The van der Waals surface area contributed by atoms with Crippen LogP contribution in [0, 0.1) is 12.3 Å². The highest BCUT2D eigenvalue weighted by Crippen LogP contribution is 2.66. The average Bonchev–Trinajstić information content (AvgIpc) is 3.63. The summed E-state index contributed by atoms with van der Waals surface area (Å²) < 4.78 is 41.7. The Morgan fingerprint density at radius 1 is 1.14 bits per heavy atom. The first kappa shape index (κ1) is 26.7. The molecule has 1 aliphatic rings. The van der Waals surface area contributed by atoms with Crippen LogP contribution in [0.15, 0.2) is 42.7 Å². The quantitative estimate of drug-likeness (QED) is 0.531. The summed E-state index contributed by atoms with van der Waals surface area (Å²) in [7, 11) is 5.37. The van der Waals surface area contributed by atoms with E-state index in [2.05, 4.69) is 15.6 Å². The fourth-order valence-electron chi connectivity index (χ4n) is 4.58. The second kappa shape index (κ2) is 10.8. The average molecular weight is 491 g/mol. The van der Waals surface area contributed by atoms with Crippen molar-refractivity contribution in [2.75, 3.05) is 27.7 Å². The van der Waals surface area contributed by atoms with Gasteiger partial charge in [-0.05, 0) is 81.2 Å². The fraction of sp³-hybridized carbons (Fsp3) is 0.500. The first-order valence-corrected chi connectivity index (χ1v) is 11.7. The third-order valence-corrected chi connectivity index (χ3v) is 7.07. The van der Waals surface area contributed by atoms with E-state index in [1.807, 2.05) is 38.1 Å². The van der Waals surface area contributed by atoms with Crippen molar-refractivity contribution in [2.45, 2.75) is 50.7 Å². The molecule has 0 spiro atoms. The van der Waals surface area contributed by atoms with E-state index in [4.69, 9.17) is 0 Å². The summed E-state index contributed by atoms with van der Waals surface area (Å²) in [6.45, 7) is 2.23. The van der Waals surface area contributed by atoms with E-state index in [1.165, 1.54) is 12.4 Å². The lowest BCUT2D eigenvalue weighted by Crippen LogP contribution is -2.43. The number of hydrogen-bond donors (Lipinski definition) is 2. The first-order chi connectivity index (χ1) is 16.5. The molecule has 1 fully saturated rings. The van der Waals surface area contributed by atoms with Gasteiger partial charge in [0.1, 0.15) is 0 Å². The number of carbonyl (C=O) groups is 2. The zero-order chi connectivity index (χ0) is 25.8. The molecular weight excluding hydrogens is 457 g/mol. The second-order valence-corrected chi connectivity index (χ2v) is 9.54. The molecule has 2 amide bonds. The Morgan fingerprint density at radius 3 is 2.31 bits per heavy atom. The van der Waals surface area contributed by atoms with Crippen molar-refractivity contribution in [3.8, 4) is 0 Å². The fourth-order valence-corrected chi connectivity index (χ4v) is 4.58. The number of halogens is 3. The summed E-state index contributed by atoms with van der Waals surface area (Å²) in [5.41, 5.74) is 1.21. The Morgan fingerprint density at radius 2 is 1.80 bits per heavy atom. The molecule has 2 N–H and O–H groups in total. The number of pyridine rings is 1. The molecule has 9 heteroatoms. The van der Waals surface area contributed by atoms with E-state index in [1.54, 1.807) is 25.2 Å². The number of benzene rings is 1. The summed E-state index contributed by atoms with van der Waals surface area (Å²) in [5.74, 6) is -1.50. The summed E-state index contributed by atoms with van der Waals surface area (Å²) in [6.07, 6.45) is -0.994. The van der Waals surface area contributed by atoms with Gasteiger partial charge in [-0.25, -0.2) is 0 Å². The predicted octanol–water partition coefficient (Wildman–Crippen LogP) is 3.85. The Hall–Kier alpha value is -2.94. The molecule has 1 aromatic heterocycles. The Balaban J connectivity index is 1.68. The van der Waals surface area contributed by atoms with Crippen LogP contribution in [0.25, 0.3) is 0 Å². The van der Waals surface area contributed by atoms with E-state index in [0.29, 0.717) is 24.1 Å². The summed E-state index contributed by atoms with van der Waals surface area (Å²) in [5, 5.41) is 5.47. The summed E-state index contributed by atoms with van der Waals surface area (Å²) in [4.78, 5) is 30.6. The van der Waals surface area contributed by atoms with Gasteiger partial charge < -0.3 is 15.5 Å². The first-order valence-electron chi connectivity index (χ1n) is 11.7. The molecule has 2 atom stereocenters. The lowest BCUT2D eigenvalue weighted by molar-refractivity contribution is -0.194. The van der Waals surface area contributed by atoms with E-state index in [0.717, 1.165) is 11.1 Å². The van der Waals surface area contributed by atoms with Gasteiger partial charge in [-0.2, -0.15) is 13.2 Å². The minimum absolute atomic E-state index is 0.0302. The molecule has 0 bridgehead atoms. The van der Waals surface area contributed by atoms with Gasteiger partial charge in [-0.3, -0.25) is 14.6 Å². The van der Waals surface area contributed by atoms with Crippen LogP contribution in [0.1, 0.15) is 52.2 Å². The highest BCUT2D eigenvalue weighted by Gasteiger charge is 2.67. The van der Waals surface area contributed by atoms with Crippen LogP contribution in [0.2, 0.25) is 0 Å². The number of aromatic nitrogens is 1. The van der Waals surface area contributed by atoms with E-state index in [9.17, 15) is 22.8 Å². The normalized spacial score (nSPS) is 16.5. The van der Waals surface area contributed by atoms with Gasteiger partial charge in [0.25, 0.3) is 5.91 Å². The molecule has 1 saturated carbocycles. The highest BCUT2D eigenvalue weighted by molar-refractivity contribution is 5.94. The van der Waals surface area contributed by atoms with Crippen LogP contribution in [0.4, 0.5) is 13.2 Å². The number of rotatable bonds is 10. The highest BCUT2D eigenvalue weighted by atomic mass is 19.4. The number of carbonyl (C=O) groups excluding carboxylic acids is 2. The molecular formula is C26H33F3N4O2. The van der Waals surface area contributed by atoms with Crippen LogP contribution in [-0.4, -0.2) is 61.6 Å². The maximum Gasteiger partial charge on any atom is 0.395 e. The molecule has 2 aromatic rings. The van der Waals surface area contributed by atoms with E-state index >= 15 is 0 Å². The zero-order valence-electron chi connectivity index (χ0n) is 20.6. The standard InChI is InChI=1S/C26H33F3N4O2/c1-17-13-20(24(35)30-2)6-5-19(17)14-21(33(3)4)16-32-23(34)15-22(18-7-11-31-12-8-18)25(9-10-25)26(27,28)29/h5-8,11-13,21-22H,9-10,14-16H2,1-4H3,(H,30,35)(H,32,34). The number of likely N-dealkylation sites (N-methyl/N-ethyl adjacent to an activating group) is 1. The van der Waals surface area contributed by atoms with Crippen LogP contribution in [-0.2, 0) is 11.2 Å². The number of nitrogens with one attached hydrogen (secondary N) is 2. The Kier molecular flexibility index (Phi) is 8.20. The minimum atomic E-state index is -4.37. The van der Waals surface area contributed by atoms with E-state index < -0.39 is 23.4 Å². The number of nitrogens with zero attached hydrogens (tertiary/aromatic N) is 2. The molecule has 0 radical (unpaired) electrons. The predicted molar refractivity (Wildman–Crippen MR) is 128 cm³/mol. The Labute approximate surface area is 204 Å². The van der Waals surface area contributed by atoms with Gasteiger partial charge in [-0.15, -0.1) is 0 Å². The molecule has 6 nitrogen and oxygen atoms in total. The van der Waals surface area contributed by atoms with Crippen LogP contribution < -0.4 is 10.6 Å². The summed E-state index contributed by atoms with van der Waals surface area (Å²) >= 11 is 0. The molecule has 35 heavy (non-hydrogen) atoms. The van der Waals surface area contributed by atoms with Gasteiger partial charge in [-0.1, -0.05) is 6.07 Å². The van der Waals surface area contributed by atoms with Crippen molar-refractivity contribution in [2.24, 2.45) is 5.41 Å². The molecule has 2 unspecified atom stereocenters. The molecule has 1 heterocycles. The van der Waals surface area contributed by atoms with Gasteiger partial charge in [0.15, 0.2) is 0 Å². The van der Waals surface area contributed by atoms with Crippen molar-refractivity contribution in [3.05, 3.63) is 65.0 Å². The SMILES string of the molecule is CNC(=O)c1ccc(CC(CNC(=O)CC(c2ccncc2)C2(C(F)(F)F)CC2)N(C)C)c(C)c1. The van der Waals surface area contributed by atoms with Crippen LogP contribution in [0.5, 0.6) is 0 Å². The number of aryl methyl sites for hydroxylation is 1. The molecule has 1 aliphatic carbocycles. The molecule has 0 aliphatic heterocycles. The van der Waals surface area contributed by atoms with Gasteiger partial charge >= 0.3 is 6.18 Å². The lowest BCUT2D eigenvalue weighted by Gasteiger charge is -2.30. The van der Waals surface area contributed by atoms with Crippen LogP contribution in [0.3, 0.4) is 0 Å². The smallest absolute Gasteiger partial charge is 0.355 e. The number of hydrogen-bond acceptors (Lipinski definition) is 4. The van der Waals surface area contributed by atoms with Crippen molar-refractivity contribution < 1.29 is 22.8 Å². The third-order valence-electron chi connectivity index (χ3n) is 7.07. The van der Waals surface area contributed by atoms with Crippen molar-refractivity contribution >= 4 is 11.8 Å². The molecule has 0 saturated heterocycles. The topological polar surface area (TPSA) is 74.3 Å². The molecule has 3 rings (SSSR count). The maximum absolute atomic E-state index is 13.9. The van der Waals surface area contributed by atoms with Crippen molar-refractivity contribution in [1.82, 2.24) is 20.5 Å². The van der Waals surface area contributed by atoms with Gasteiger partial charge in [0, 0.05) is 49.9 Å². The third kappa shape index (κ3) is 6.20. The molecule has 1 aromatic carbocycles. The monoisotopic (exact) mass is 490 g/mol. The number of amides is 2. The van der Waals surface area contributed by atoms with Gasteiger partial charge in [0.2, 0.25) is 5.91 Å². The molecule has 190 valence electrons. The number of alkyl halides is 3. The van der Waals surface area contributed by atoms with E-state index in [-0.39, 0.29) is 31.2 Å².